The van der Waals surface area contributed by atoms with Crippen LogP contribution in [-0.4, -0.2) is 23.0 Å². The zero-order chi connectivity index (χ0) is 16.5. The number of hydrogen-bond donors (Lipinski definition) is 3. The van der Waals surface area contributed by atoms with Gasteiger partial charge in [-0.05, 0) is 49.5 Å². The second-order valence-electron chi connectivity index (χ2n) is 7.65. The normalized spacial score (nSPS) is 43.0. The molecule has 3 aliphatic carbocycles. The molecule has 0 amide bonds. The van der Waals surface area contributed by atoms with Crippen LogP contribution in [0, 0.1) is 23.2 Å². The molecule has 0 saturated heterocycles. The number of benzene rings is 1. The lowest BCUT2D eigenvalue weighted by Gasteiger charge is -2.63. The van der Waals surface area contributed by atoms with Gasteiger partial charge in [0.05, 0.1) is 0 Å². The maximum absolute atomic E-state index is 12.1. The smallest absolute Gasteiger partial charge is 0.295 e. The molecule has 0 heterocycles. The third-order valence-corrected chi connectivity index (χ3v) is 8.24. The topological polar surface area (TPSA) is 101 Å². The highest BCUT2D eigenvalue weighted by atomic mass is 32.2. The van der Waals surface area contributed by atoms with E-state index in [-0.39, 0.29) is 17.9 Å². The van der Waals surface area contributed by atoms with Crippen molar-refractivity contribution in [1.82, 2.24) is 0 Å². The second-order valence-corrected chi connectivity index (χ2v) is 9.22. The van der Waals surface area contributed by atoms with Gasteiger partial charge in [0, 0.05) is 17.4 Å². The van der Waals surface area contributed by atoms with Crippen molar-refractivity contribution in [3.05, 3.63) is 35.9 Å². The predicted octanol–water partition coefficient (Wildman–Crippen LogP) is 2.09. The van der Waals surface area contributed by atoms with Gasteiger partial charge in [0.2, 0.25) is 0 Å². The fourth-order valence-corrected chi connectivity index (χ4v) is 7.41. The van der Waals surface area contributed by atoms with E-state index in [0.29, 0.717) is 25.2 Å². The van der Waals surface area contributed by atoms with Crippen LogP contribution in [-0.2, 0) is 10.1 Å². The standard InChI is InChI=1S/C17H23NO4S/c18-15(12-4-2-1-3-5-12)10-16-9-11-6-7-13(14(16)8-11)17(16,19)23(20,21)22/h1-5,11,13-15,19H,6-10,18H2,(H,20,21,22)/t11-,13+,14-,15-,16-,17?/m0/s1. The highest BCUT2D eigenvalue weighted by Crippen LogP contribution is 2.75. The monoisotopic (exact) mass is 337 g/mol. The molecule has 6 atom stereocenters. The minimum absolute atomic E-state index is 0.155. The molecule has 0 spiro atoms. The first-order valence-corrected chi connectivity index (χ1v) is 9.73. The average Bonchev–Trinajstić information content (AvgIpc) is 2.66. The van der Waals surface area contributed by atoms with Crippen molar-refractivity contribution in [2.75, 3.05) is 0 Å². The molecule has 0 aliphatic heterocycles. The van der Waals surface area contributed by atoms with Crippen molar-refractivity contribution < 1.29 is 18.1 Å². The summed E-state index contributed by atoms with van der Waals surface area (Å²) in [6.45, 7) is 0. The summed E-state index contributed by atoms with van der Waals surface area (Å²) >= 11 is 0. The number of rotatable bonds is 4. The first-order valence-electron chi connectivity index (χ1n) is 8.29. The van der Waals surface area contributed by atoms with Crippen molar-refractivity contribution >= 4 is 10.1 Å². The van der Waals surface area contributed by atoms with Crippen molar-refractivity contribution in [2.45, 2.75) is 43.1 Å². The van der Waals surface area contributed by atoms with E-state index in [2.05, 4.69) is 0 Å². The van der Waals surface area contributed by atoms with Crippen LogP contribution in [0.1, 0.15) is 43.7 Å². The first kappa shape index (κ1) is 15.6. The van der Waals surface area contributed by atoms with E-state index in [4.69, 9.17) is 5.73 Å². The van der Waals surface area contributed by atoms with E-state index in [9.17, 15) is 18.1 Å². The summed E-state index contributed by atoms with van der Waals surface area (Å²) in [4.78, 5) is -2.03. The molecule has 3 fully saturated rings. The van der Waals surface area contributed by atoms with Gasteiger partial charge in [-0.15, -0.1) is 0 Å². The molecule has 4 N–H and O–H groups in total. The van der Waals surface area contributed by atoms with Crippen molar-refractivity contribution in [3.63, 3.8) is 0 Å². The van der Waals surface area contributed by atoms with Gasteiger partial charge >= 0.3 is 0 Å². The van der Waals surface area contributed by atoms with E-state index in [1.807, 2.05) is 30.3 Å². The maximum atomic E-state index is 12.1. The molecule has 1 aromatic carbocycles. The summed E-state index contributed by atoms with van der Waals surface area (Å²) in [5.41, 5.74) is 6.48. The van der Waals surface area contributed by atoms with Gasteiger partial charge in [-0.3, -0.25) is 4.55 Å². The Morgan fingerprint density at radius 1 is 1.22 bits per heavy atom. The minimum atomic E-state index is -4.54. The first-order chi connectivity index (χ1) is 10.8. The molecule has 3 aliphatic rings. The van der Waals surface area contributed by atoms with Gasteiger partial charge in [-0.1, -0.05) is 30.3 Å². The molecule has 5 nitrogen and oxygen atoms in total. The maximum Gasteiger partial charge on any atom is 0.295 e. The number of nitrogens with two attached hydrogens (primary N) is 1. The van der Waals surface area contributed by atoms with E-state index in [1.165, 1.54) is 0 Å². The number of aliphatic hydroxyl groups is 1. The van der Waals surface area contributed by atoms with Crippen molar-refractivity contribution in [2.24, 2.45) is 28.9 Å². The van der Waals surface area contributed by atoms with Crippen LogP contribution in [0.5, 0.6) is 0 Å². The second kappa shape index (κ2) is 4.79. The molecule has 0 aromatic heterocycles. The van der Waals surface area contributed by atoms with Crippen LogP contribution >= 0.6 is 0 Å². The van der Waals surface area contributed by atoms with Crippen molar-refractivity contribution in [1.29, 1.82) is 0 Å². The van der Waals surface area contributed by atoms with E-state index < -0.39 is 20.5 Å². The molecular weight excluding hydrogens is 314 g/mol. The van der Waals surface area contributed by atoms with Gasteiger partial charge in [0.15, 0.2) is 4.93 Å². The fourth-order valence-electron chi connectivity index (χ4n) is 5.91. The van der Waals surface area contributed by atoms with Crippen LogP contribution in [0.25, 0.3) is 0 Å². The Kier molecular flexibility index (Phi) is 3.24. The third kappa shape index (κ3) is 1.86. The third-order valence-electron chi connectivity index (χ3n) is 6.74. The van der Waals surface area contributed by atoms with Gasteiger partial charge < -0.3 is 10.8 Å². The molecule has 1 unspecified atom stereocenters. The van der Waals surface area contributed by atoms with Crippen LogP contribution < -0.4 is 5.73 Å². The molecule has 3 saturated carbocycles. The van der Waals surface area contributed by atoms with Gasteiger partial charge in [0.25, 0.3) is 10.1 Å². The van der Waals surface area contributed by atoms with E-state index in [0.717, 1.165) is 18.4 Å². The molecule has 2 bridgehead atoms. The Balaban J connectivity index is 1.73. The van der Waals surface area contributed by atoms with Crippen LogP contribution in [0.4, 0.5) is 0 Å². The molecule has 4 rings (SSSR count). The summed E-state index contributed by atoms with van der Waals surface area (Å²) in [6, 6.07) is 9.21. The van der Waals surface area contributed by atoms with Gasteiger partial charge in [-0.2, -0.15) is 8.42 Å². The average molecular weight is 337 g/mol. The summed E-state index contributed by atoms with van der Waals surface area (Å²) in [7, 11) is -4.54. The lowest BCUT2D eigenvalue weighted by atomic mass is 9.49. The molecular formula is C17H23NO4S. The lowest BCUT2D eigenvalue weighted by molar-refractivity contribution is -0.206. The Morgan fingerprint density at radius 3 is 2.57 bits per heavy atom. The fraction of sp³-hybridized carbons (Fsp3) is 0.647. The Labute approximate surface area is 136 Å². The predicted molar refractivity (Wildman–Crippen MR) is 85.9 cm³/mol. The molecule has 23 heavy (non-hydrogen) atoms. The summed E-state index contributed by atoms with van der Waals surface area (Å²) < 4.78 is 33.9. The van der Waals surface area contributed by atoms with E-state index in [1.54, 1.807) is 0 Å². The highest BCUT2D eigenvalue weighted by molar-refractivity contribution is 7.87. The zero-order valence-electron chi connectivity index (χ0n) is 12.9. The number of fused-ring (bicyclic) bond motifs is 1. The quantitative estimate of drug-likeness (QED) is 0.730. The SMILES string of the molecule is N[C@@H](C[C@@]12C[C@H]3CC[C@H]([C@@H]1C3)C2(O)S(=O)(=O)O)c1ccccc1. The molecule has 1 aromatic rings. The van der Waals surface area contributed by atoms with Crippen LogP contribution in [0.2, 0.25) is 0 Å². The molecule has 126 valence electrons. The summed E-state index contributed by atoms with van der Waals surface area (Å²) in [5.74, 6) is 0.247. The number of hydrogen-bond acceptors (Lipinski definition) is 4. The van der Waals surface area contributed by atoms with Crippen LogP contribution in [0.15, 0.2) is 30.3 Å². The Bertz CT molecular complexity index is 721. The Morgan fingerprint density at radius 2 is 1.91 bits per heavy atom. The van der Waals surface area contributed by atoms with Gasteiger partial charge in [-0.25, -0.2) is 0 Å². The van der Waals surface area contributed by atoms with E-state index >= 15 is 0 Å². The van der Waals surface area contributed by atoms with Crippen LogP contribution in [0.3, 0.4) is 0 Å². The minimum Gasteiger partial charge on any atom is -0.372 e. The van der Waals surface area contributed by atoms with Crippen molar-refractivity contribution in [3.8, 4) is 0 Å². The molecule has 6 heteroatoms. The lowest BCUT2D eigenvalue weighted by Crippen LogP contribution is -2.72. The highest BCUT2D eigenvalue weighted by Gasteiger charge is 2.80. The largest absolute Gasteiger partial charge is 0.372 e. The zero-order valence-corrected chi connectivity index (χ0v) is 13.7. The summed E-state index contributed by atoms with van der Waals surface area (Å²) in [5, 5.41) is 11.1. The molecule has 0 radical (unpaired) electrons. The van der Waals surface area contributed by atoms with Gasteiger partial charge in [0.1, 0.15) is 0 Å². The Hall–Kier alpha value is -0.950. The summed E-state index contributed by atoms with van der Waals surface area (Å²) in [6.07, 6.45) is 3.59.